The molecule has 0 aromatic rings. The van der Waals surface area contributed by atoms with E-state index in [0.717, 1.165) is 54.8 Å². The maximum absolute atomic E-state index is 12.8. The molecular weight excluding hydrogens is 565 g/mol. The largest absolute Gasteiger partial charge is 0.462 e. The van der Waals surface area contributed by atoms with Gasteiger partial charge in [0, 0.05) is 14.5 Å². The lowest BCUT2D eigenvalue weighted by molar-refractivity contribution is -0.155. The molecule has 260 valence electrons. The summed E-state index contributed by atoms with van der Waals surface area (Å²) in [5, 5.41) is 0. The molecule has 45 heavy (non-hydrogen) atoms. The van der Waals surface area contributed by atoms with Crippen molar-refractivity contribution in [3.63, 3.8) is 0 Å². The number of carbonyl (C=O) groups is 1. The van der Waals surface area contributed by atoms with Crippen LogP contribution in [0.4, 0.5) is 0 Å². The lowest BCUT2D eigenvalue weighted by atomic mass is 9.46. The topological polar surface area (TPSA) is 26.3 Å². The number of unbranched alkanes of at least 4 members (excludes halogenated alkanes) is 8. The lowest BCUT2D eigenvalue weighted by Gasteiger charge is -2.59. The van der Waals surface area contributed by atoms with E-state index in [4.69, 9.17) is 4.74 Å². The molecule has 0 saturated heterocycles. The van der Waals surface area contributed by atoms with E-state index in [9.17, 15) is 4.79 Å². The molecule has 4 aliphatic carbocycles. The van der Waals surface area contributed by atoms with Crippen LogP contribution in [0.15, 0.2) is 12.2 Å². The molecule has 0 aromatic carbocycles. The SMILES string of the molecule is CC(C)CCCC(C)C1CCC2C3C=CC4CC(OC(=O)CCCCCCCCCCC[Si](C)(C)C)CCC4(C)C3CCC12C. The van der Waals surface area contributed by atoms with Crippen LogP contribution in [-0.4, -0.2) is 20.1 Å². The standard InChI is InChI=1S/C42H76O2Si/c1-32(2)19-18-20-33(3)37-24-25-38-36-23-22-34-31-35(26-28-41(34,4)39(36)27-29-42(37,38)5)44-40(43)21-16-14-12-10-9-11-13-15-17-30-45(6,7)8/h22-23,32-39H,9-21,24-31H2,1-8H3. The average molecular weight is 641 g/mol. The zero-order valence-corrected chi connectivity index (χ0v) is 32.4. The van der Waals surface area contributed by atoms with E-state index in [1.165, 1.54) is 109 Å². The van der Waals surface area contributed by atoms with Crippen LogP contribution in [0.1, 0.15) is 163 Å². The maximum Gasteiger partial charge on any atom is 0.306 e. The van der Waals surface area contributed by atoms with Gasteiger partial charge < -0.3 is 4.74 Å². The van der Waals surface area contributed by atoms with Gasteiger partial charge in [-0.05, 0) is 104 Å². The normalized spacial score (nSPS) is 35.1. The summed E-state index contributed by atoms with van der Waals surface area (Å²) in [5.41, 5.74) is 0.921. The number of rotatable bonds is 18. The summed E-state index contributed by atoms with van der Waals surface area (Å²) in [5.74, 6) is 5.74. The molecule has 2 nitrogen and oxygen atoms in total. The molecule has 0 aliphatic heterocycles. The highest BCUT2D eigenvalue weighted by molar-refractivity contribution is 6.76. The first kappa shape index (κ1) is 37.2. The number of esters is 1. The van der Waals surface area contributed by atoms with E-state index >= 15 is 0 Å². The van der Waals surface area contributed by atoms with E-state index in [0.29, 0.717) is 23.2 Å². The summed E-state index contributed by atoms with van der Waals surface area (Å²) in [6.45, 7) is 20.1. The van der Waals surface area contributed by atoms with Gasteiger partial charge in [0.05, 0.1) is 0 Å². The van der Waals surface area contributed by atoms with Crippen molar-refractivity contribution < 1.29 is 9.53 Å². The van der Waals surface area contributed by atoms with Crippen molar-refractivity contribution in [2.24, 2.45) is 52.3 Å². The van der Waals surface area contributed by atoms with Crippen LogP contribution in [0.2, 0.25) is 25.7 Å². The molecule has 0 bridgehead atoms. The smallest absolute Gasteiger partial charge is 0.306 e. The Labute approximate surface area is 282 Å². The summed E-state index contributed by atoms with van der Waals surface area (Å²) in [6, 6.07) is 1.49. The Balaban J connectivity index is 1.15. The van der Waals surface area contributed by atoms with Crippen LogP contribution >= 0.6 is 0 Å². The van der Waals surface area contributed by atoms with E-state index in [2.05, 4.69) is 66.4 Å². The van der Waals surface area contributed by atoms with Crippen molar-refractivity contribution >= 4 is 14.0 Å². The predicted octanol–water partition coefficient (Wildman–Crippen LogP) is 13.0. The molecule has 0 N–H and O–H groups in total. The summed E-state index contributed by atoms with van der Waals surface area (Å²) in [6.07, 6.45) is 31.2. The van der Waals surface area contributed by atoms with Crippen LogP contribution in [-0.2, 0) is 9.53 Å². The number of hydrogen-bond donors (Lipinski definition) is 0. The van der Waals surface area contributed by atoms with Crippen LogP contribution in [0.25, 0.3) is 0 Å². The molecule has 9 unspecified atom stereocenters. The van der Waals surface area contributed by atoms with Crippen molar-refractivity contribution in [3.05, 3.63) is 12.2 Å². The molecule has 0 aromatic heterocycles. The zero-order chi connectivity index (χ0) is 32.7. The molecule has 0 spiro atoms. The minimum absolute atomic E-state index is 0.0663. The van der Waals surface area contributed by atoms with Crippen molar-refractivity contribution in [2.75, 3.05) is 0 Å². The highest BCUT2D eigenvalue weighted by Gasteiger charge is 2.59. The van der Waals surface area contributed by atoms with E-state index in [1.807, 2.05) is 0 Å². The first-order chi connectivity index (χ1) is 21.3. The van der Waals surface area contributed by atoms with Crippen LogP contribution < -0.4 is 0 Å². The number of fused-ring (bicyclic) bond motifs is 5. The molecule has 4 aliphatic rings. The Kier molecular flexibility index (Phi) is 13.8. The molecular formula is C42H76O2Si. The van der Waals surface area contributed by atoms with Crippen LogP contribution in [0, 0.1) is 52.3 Å². The minimum Gasteiger partial charge on any atom is -0.462 e. The van der Waals surface area contributed by atoms with Gasteiger partial charge in [-0.3, -0.25) is 4.79 Å². The van der Waals surface area contributed by atoms with Gasteiger partial charge in [-0.25, -0.2) is 0 Å². The number of hydrogen-bond acceptors (Lipinski definition) is 2. The van der Waals surface area contributed by atoms with Gasteiger partial charge in [0.1, 0.15) is 6.10 Å². The zero-order valence-electron chi connectivity index (χ0n) is 31.4. The fraction of sp³-hybridized carbons (Fsp3) is 0.929. The fourth-order valence-electron chi connectivity index (χ4n) is 11.1. The second-order valence-corrected chi connectivity index (χ2v) is 24.6. The summed E-state index contributed by atoms with van der Waals surface area (Å²) in [7, 11) is -0.847. The Bertz CT molecular complexity index is 933. The van der Waals surface area contributed by atoms with Gasteiger partial charge in [0.2, 0.25) is 0 Å². The Hall–Kier alpha value is -0.573. The summed E-state index contributed by atoms with van der Waals surface area (Å²) < 4.78 is 6.13. The van der Waals surface area contributed by atoms with Crippen molar-refractivity contribution in [3.8, 4) is 0 Å². The van der Waals surface area contributed by atoms with Crippen molar-refractivity contribution in [2.45, 2.75) is 195 Å². The molecule has 3 fully saturated rings. The molecule has 9 atom stereocenters. The van der Waals surface area contributed by atoms with Crippen LogP contribution in [0.3, 0.4) is 0 Å². The third-order valence-electron chi connectivity index (χ3n) is 13.9. The lowest BCUT2D eigenvalue weighted by Crippen LogP contribution is -2.52. The van der Waals surface area contributed by atoms with E-state index < -0.39 is 8.07 Å². The molecule has 0 heterocycles. The molecule has 0 amide bonds. The van der Waals surface area contributed by atoms with Crippen molar-refractivity contribution in [1.82, 2.24) is 0 Å². The molecule has 0 radical (unpaired) electrons. The minimum atomic E-state index is -0.847. The Morgan fingerprint density at radius 1 is 0.756 bits per heavy atom. The monoisotopic (exact) mass is 641 g/mol. The highest BCUT2D eigenvalue weighted by atomic mass is 28.3. The van der Waals surface area contributed by atoms with Gasteiger partial charge in [-0.2, -0.15) is 0 Å². The summed E-state index contributed by atoms with van der Waals surface area (Å²) >= 11 is 0. The third-order valence-corrected chi connectivity index (χ3v) is 15.8. The maximum atomic E-state index is 12.8. The number of allylic oxidation sites excluding steroid dienone is 2. The van der Waals surface area contributed by atoms with Crippen molar-refractivity contribution in [1.29, 1.82) is 0 Å². The third kappa shape index (κ3) is 9.98. The molecule has 3 saturated carbocycles. The first-order valence-corrected chi connectivity index (χ1v) is 23.9. The number of carbonyl (C=O) groups excluding carboxylic acids is 1. The second-order valence-electron chi connectivity index (χ2n) is 18.9. The van der Waals surface area contributed by atoms with E-state index in [1.54, 1.807) is 0 Å². The summed E-state index contributed by atoms with van der Waals surface area (Å²) in [4.78, 5) is 12.8. The van der Waals surface area contributed by atoms with Gasteiger partial charge in [-0.15, -0.1) is 0 Å². The molecule has 4 rings (SSSR count). The Morgan fingerprint density at radius 3 is 2.04 bits per heavy atom. The quantitative estimate of drug-likeness (QED) is 0.0645. The van der Waals surface area contributed by atoms with E-state index in [-0.39, 0.29) is 12.1 Å². The predicted molar refractivity (Wildman–Crippen MR) is 197 cm³/mol. The van der Waals surface area contributed by atoms with Gasteiger partial charge in [0.15, 0.2) is 0 Å². The molecule has 3 heteroatoms. The second kappa shape index (κ2) is 16.7. The van der Waals surface area contributed by atoms with Gasteiger partial charge in [0.25, 0.3) is 0 Å². The van der Waals surface area contributed by atoms with Gasteiger partial charge in [-0.1, -0.05) is 143 Å². The Morgan fingerprint density at radius 2 is 1.38 bits per heavy atom. The van der Waals surface area contributed by atoms with Gasteiger partial charge >= 0.3 is 5.97 Å². The highest BCUT2D eigenvalue weighted by Crippen LogP contribution is 2.67. The fourth-order valence-corrected chi connectivity index (χ4v) is 12.4. The average Bonchev–Trinajstić information content (AvgIpc) is 3.32. The first-order valence-electron chi connectivity index (χ1n) is 20.2. The number of ether oxygens (including phenoxy) is 1. The van der Waals surface area contributed by atoms with Crippen LogP contribution in [0.5, 0.6) is 0 Å².